The monoisotopic (exact) mass is 268 g/mol. The number of hydrogen-bond donors (Lipinski definition) is 1. The molecule has 0 heterocycles. The Hall–Kier alpha value is -0.960. The van der Waals surface area contributed by atoms with Gasteiger partial charge in [-0.25, -0.2) is 8.78 Å². The van der Waals surface area contributed by atoms with E-state index in [-0.39, 0.29) is 0 Å². The van der Waals surface area contributed by atoms with Crippen LogP contribution in [0.3, 0.4) is 0 Å². The van der Waals surface area contributed by atoms with E-state index in [0.29, 0.717) is 23.8 Å². The van der Waals surface area contributed by atoms with E-state index in [4.69, 9.17) is 0 Å². The Morgan fingerprint density at radius 2 is 2.05 bits per heavy atom. The van der Waals surface area contributed by atoms with Crippen molar-refractivity contribution in [3.8, 4) is 0 Å². The predicted octanol–water partition coefficient (Wildman–Crippen LogP) is 4.08. The van der Waals surface area contributed by atoms with Gasteiger partial charge in [0.25, 0.3) is 0 Å². The third-order valence-corrected chi connectivity index (χ3v) is 4.37. The van der Waals surface area contributed by atoms with E-state index in [9.17, 15) is 13.9 Å². The van der Waals surface area contributed by atoms with E-state index in [1.807, 2.05) is 0 Å². The minimum Gasteiger partial charge on any atom is -0.392 e. The molecular weight excluding hydrogens is 246 g/mol. The molecule has 2 rings (SSSR count). The van der Waals surface area contributed by atoms with Crippen molar-refractivity contribution in [1.29, 1.82) is 0 Å². The predicted molar refractivity (Wildman–Crippen MR) is 71.8 cm³/mol. The van der Waals surface area contributed by atoms with Crippen molar-refractivity contribution >= 4 is 0 Å². The Balaban J connectivity index is 1.96. The molecule has 106 valence electrons. The van der Waals surface area contributed by atoms with Crippen LogP contribution in [0.4, 0.5) is 8.78 Å². The van der Waals surface area contributed by atoms with Crippen molar-refractivity contribution in [3.05, 3.63) is 35.4 Å². The Labute approximate surface area is 113 Å². The third-order valence-electron chi connectivity index (χ3n) is 4.37. The highest BCUT2D eigenvalue weighted by Crippen LogP contribution is 2.33. The summed E-state index contributed by atoms with van der Waals surface area (Å²) in [7, 11) is 0. The fourth-order valence-corrected chi connectivity index (χ4v) is 3.13. The largest absolute Gasteiger partial charge is 0.392 e. The van der Waals surface area contributed by atoms with Crippen LogP contribution in [0, 0.1) is 23.5 Å². The van der Waals surface area contributed by atoms with Gasteiger partial charge in [-0.2, -0.15) is 0 Å². The summed E-state index contributed by atoms with van der Waals surface area (Å²) in [6.07, 6.45) is 5.65. The third kappa shape index (κ3) is 3.75. The molecule has 1 fully saturated rings. The van der Waals surface area contributed by atoms with Gasteiger partial charge in [-0.15, -0.1) is 0 Å². The summed E-state index contributed by atoms with van der Waals surface area (Å²) in [5.41, 5.74) is 0.671. The fraction of sp³-hybridized carbons (Fsp3) is 0.625. The second-order valence-corrected chi connectivity index (χ2v) is 5.72. The van der Waals surface area contributed by atoms with E-state index in [1.165, 1.54) is 12.5 Å². The van der Waals surface area contributed by atoms with Crippen molar-refractivity contribution in [2.75, 3.05) is 0 Å². The first-order chi connectivity index (χ1) is 9.10. The van der Waals surface area contributed by atoms with Crippen molar-refractivity contribution in [2.24, 2.45) is 11.8 Å². The highest BCUT2D eigenvalue weighted by atomic mass is 19.2. The molecule has 19 heavy (non-hydrogen) atoms. The van der Waals surface area contributed by atoms with Crippen LogP contribution < -0.4 is 0 Å². The molecule has 3 unspecified atom stereocenters. The summed E-state index contributed by atoms with van der Waals surface area (Å²) in [5.74, 6) is -0.660. The molecule has 1 aromatic rings. The lowest BCUT2D eigenvalue weighted by molar-refractivity contribution is 0.0684. The number of aliphatic hydroxyl groups is 1. The first-order valence-electron chi connectivity index (χ1n) is 7.22. The van der Waals surface area contributed by atoms with Gasteiger partial charge < -0.3 is 5.11 Å². The second-order valence-electron chi connectivity index (χ2n) is 5.72. The summed E-state index contributed by atoms with van der Waals surface area (Å²) in [6, 6.07) is 3.88. The lowest BCUT2D eigenvalue weighted by Crippen LogP contribution is -2.28. The number of benzene rings is 1. The van der Waals surface area contributed by atoms with Gasteiger partial charge >= 0.3 is 0 Å². The number of halogens is 2. The summed E-state index contributed by atoms with van der Waals surface area (Å²) < 4.78 is 26.0. The van der Waals surface area contributed by atoms with Gasteiger partial charge in [-0.05, 0) is 48.8 Å². The molecule has 3 atom stereocenters. The fourth-order valence-electron chi connectivity index (χ4n) is 3.13. The van der Waals surface area contributed by atoms with Gasteiger partial charge in [-0.3, -0.25) is 0 Å². The topological polar surface area (TPSA) is 20.2 Å². The van der Waals surface area contributed by atoms with E-state index in [1.54, 1.807) is 6.07 Å². The van der Waals surface area contributed by atoms with Crippen LogP contribution in [0.15, 0.2) is 18.2 Å². The minimum absolute atomic E-state index is 0.298. The maximum absolute atomic E-state index is 13.1. The zero-order valence-corrected chi connectivity index (χ0v) is 11.4. The smallest absolute Gasteiger partial charge is 0.159 e. The minimum atomic E-state index is -0.834. The summed E-state index contributed by atoms with van der Waals surface area (Å²) >= 11 is 0. The summed E-state index contributed by atoms with van der Waals surface area (Å²) in [4.78, 5) is 0. The molecule has 1 aliphatic rings. The maximum atomic E-state index is 13.1. The molecule has 0 aromatic heterocycles. The second kappa shape index (κ2) is 6.47. The maximum Gasteiger partial charge on any atom is 0.159 e. The molecule has 0 aliphatic heterocycles. The molecule has 1 aromatic carbocycles. The average Bonchev–Trinajstić information content (AvgIpc) is 2.43. The molecule has 0 amide bonds. The van der Waals surface area contributed by atoms with E-state index >= 15 is 0 Å². The van der Waals surface area contributed by atoms with Crippen LogP contribution in [0.5, 0.6) is 0 Å². The van der Waals surface area contributed by atoms with Gasteiger partial charge in [0.2, 0.25) is 0 Å². The van der Waals surface area contributed by atoms with Crippen LogP contribution in [0.25, 0.3) is 0 Å². The molecule has 1 saturated carbocycles. The molecule has 1 N–H and O–H groups in total. The first kappa shape index (κ1) is 14.4. The number of hydrogen-bond acceptors (Lipinski definition) is 1. The van der Waals surface area contributed by atoms with Crippen LogP contribution in [-0.2, 0) is 6.42 Å². The highest BCUT2D eigenvalue weighted by molar-refractivity contribution is 5.18. The standard InChI is InChI=1S/C16H22F2O/c1-2-11-4-3-5-13(8-11)16(19)10-12-6-7-14(17)15(18)9-12/h6-7,9,11,13,16,19H,2-5,8,10H2,1H3. The molecular formula is C16H22F2O. The van der Waals surface area contributed by atoms with E-state index in [0.717, 1.165) is 31.7 Å². The van der Waals surface area contributed by atoms with Crippen LogP contribution >= 0.6 is 0 Å². The van der Waals surface area contributed by atoms with Gasteiger partial charge in [-0.1, -0.05) is 32.3 Å². The molecule has 0 saturated heterocycles. The highest BCUT2D eigenvalue weighted by Gasteiger charge is 2.26. The Bertz CT molecular complexity index is 419. The van der Waals surface area contributed by atoms with Crippen molar-refractivity contribution in [1.82, 2.24) is 0 Å². The van der Waals surface area contributed by atoms with Crippen LogP contribution in [-0.4, -0.2) is 11.2 Å². The van der Waals surface area contributed by atoms with E-state index < -0.39 is 17.7 Å². The zero-order chi connectivity index (χ0) is 13.8. The SMILES string of the molecule is CCC1CCCC(C(O)Cc2ccc(F)c(F)c2)C1. The number of aliphatic hydroxyl groups excluding tert-OH is 1. The lowest BCUT2D eigenvalue weighted by atomic mass is 9.76. The normalized spacial score (nSPS) is 25.3. The Kier molecular flexibility index (Phi) is 4.92. The van der Waals surface area contributed by atoms with E-state index in [2.05, 4.69) is 6.92 Å². The lowest BCUT2D eigenvalue weighted by Gasteiger charge is -2.31. The zero-order valence-electron chi connectivity index (χ0n) is 11.4. The Morgan fingerprint density at radius 1 is 1.26 bits per heavy atom. The van der Waals surface area contributed by atoms with Gasteiger partial charge in [0.1, 0.15) is 0 Å². The molecule has 0 radical (unpaired) electrons. The Morgan fingerprint density at radius 3 is 2.74 bits per heavy atom. The molecule has 0 bridgehead atoms. The van der Waals surface area contributed by atoms with Crippen molar-refractivity contribution < 1.29 is 13.9 Å². The van der Waals surface area contributed by atoms with Gasteiger partial charge in [0, 0.05) is 0 Å². The quantitative estimate of drug-likeness (QED) is 0.872. The van der Waals surface area contributed by atoms with Crippen molar-refractivity contribution in [3.63, 3.8) is 0 Å². The van der Waals surface area contributed by atoms with Crippen molar-refractivity contribution in [2.45, 2.75) is 51.6 Å². The molecule has 1 aliphatic carbocycles. The molecule has 3 heteroatoms. The molecule has 1 nitrogen and oxygen atoms in total. The summed E-state index contributed by atoms with van der Waals surface area (Å²) in [6.45, 7) is 2.19. The van der Waals surface area contributed by atoms with Crippen LogP contribution in [0.1, 0.15) is 44.6 Å². The molecule has 0 spiro atoms. The van der Waals surface area contributed by atoms with Gasteiger partial charge in [0.05, 0.1) is 6.10 Å². The van der Waals surface area contributed by atoms with Gasteiger partial charge in [0.15, 0.2) is 11.6 Å². The summed E-state index contributed by atoms with van der Waals surface area (Å²) in [5, 5.41) is 10.3. The average molecular weight is 268 g/mol. The van der Waals surface area contributed by atoms with Crippen LogP contribution in [0.2, 0.25) is 0 Å². The first-order valence-corrected chi connectivity index (χ1v) is 7.22. The number of rotatable bonds is 4.